The standard InChI is InChI=1S/C4H10N2.4C2H3ClO2.2H2N.2Pt/c5-3-1-2-4-6;4*3-1-2(4)5;;;;/h5-6H,1-4H2;4*1H2,(H,4,5);2*1H2;;/q-2;;;;;2*-1;2*+4/p-4. The average Bonchev–Trinajstić information content (AvgIpc) is 2.61. The van der Waals surface area contributed by atoms with E-state index in [0.29, 0.717) is 13.1 Å². The number of carboxylic acids is 4. The number of alkyl halides is 4. The number of rotatable bonds is 7. The molecular formula is C12H22Cl4N4O8Pt2. The topological polar surface area (TPSA) is 275 Å². The SMILES string of the molecule is O=C([O-])CCl.O=C([O-])CCl.O=C([O-])CCl.O=C([O-])CCl.[NH-]CCCC[NH-].[NH2-].[NH2-].[Pt+4].[Pt+4]. The van der Waals surface area contributed by atoms with E-state index in [4.69, 9.17) is 51.1 Å². The van der Waals surface area contributed by atoms with E-state index in [9.17, 15) is 0 Å². The first-order valence-electron chi connectivity index (χ1n) is 6.32. The molecule has 0 rings (SSSR count). The molecule has 12 nitrogen and oxygen atoms in total. The van der Waals surface area contributed by atoms with Crippen LogP contribution in [0.1, 0.15) is 12.8 Å². The maximum Gasteiger partial charge on any atom is 4.00 e. The number of aliphatic carboxylic acids is 4. The third-order valence-corrected chi connectivity index (χ3v) is 1.91. The summed E-state index contributed by atoms with van der Waals surface area (Å²) >= 11 is 18.7. The molecule has 186 valence electrons. The Morgan fingerprint density at radius 1 is 0.533 bits per heavy atom. The van der Waals surface area contributed by atoms with Gasteiger partial charge in [0, 0.05) is 0 Å². The minimum absolute atomic E-state index is 0. The van der Waals surface area contributed by atoms with Gasteiger partial charge in [-0.15, -0.1) is 46.4 Å². The van der Waals surface area contributed by atoms with Gasteiger partial charge in [0.05, 0.1) is 47.4 Å². The number of hydrogen-bond donors (Lipinski definition) is 0. The smallest absolute Gasteiger partial charge is 0.693 e. The van der Waals surface area contributed by atoms with E-state index >= 15 is 0 Å². The quantitative estimate of drug-likeness (QED) is 0.230. The summed E-state index contributed by atoms with van der Waals surface area (Å²) in [5.74, 6) is -6.59. The summed E-state index contributed by atoms with van der Waals surface area (Å²) < 4.78 is 0. The van der Waals surface area contributed by atoms with Gasteiger partial charge in [0.15, 0.2) is 0 Å². The molecule has 0 atom stereocenters. The molecule has 0 aromatic heterocycles. The summed E-state index contributed by atoms with van der Waals surface area (Å²) in [6.45, 7) is 0.970. The summed E-state index contributed by atoms with van der Waals surface area (Å²) in [6.07, 6.45) is 1.78. The van der Waals surface area contributed by atoms with Crippen LogP contribution in [0.3, 0.4) is 0 Å². The Bertz CT molecular complexity index is 306. The first kappa shape index (κ1) is 57.3. The first-order chi connectivity index (χ1) is 12.0. The van der Waals surface area contributed by atoms with Crippen molar-refractivity contribution in [3.8, 4) is 0 Å². The largest absolute Gasteiger partial charge is 4.00 e. The van der Waals surface area contributed by atoms with Crippen LogP contribution in [0.5, 0.6) is 0 Å². The molecule has 0 aromatic rings. The number of nitrogens with one attached hydrogen (secondary N) is 2. The molecule has 0 aromatic carbocycles. The van der Waals surface area contributed by atoms with Gasteiger partial charge in [-0.25, -0.2) is 0 Å². The Morgan fingerprint density at radius 2 is 0.633 bits per heavy atom. The number of hydrogen-bond acceptors (Lipinski definition) is 8. The number of carboxylic acid groups (broad SMARTS) is 4. The molecule has 0 saturated carbocycles. The normalized spacial score (nSPS) is 6.73. The molecule has 0 aliphatic heterocycles. The Kier molecular flexibility index (Phi) is 109. The number of carbonyl (C=O) groups is 4. The van der Waals surface area contributed by atoms with Gasteiger partial charge in [0.1, 0.15) is 0 Å². The Labute approximate surface area is 224 Å². The molecule has 0 spiro atoms. The van der Waals surface area contributed by atoms with Gasteiger partial charge in [-0.1, -0.05) is 12.8 Å². The molecule has 6 N–H and O–H groups in total. The third kappa shape index (κ3) is 166. The Morgan fingerprint density at radius 3 is 0.667 bits per heavy atom. The van der Waals surface area contributed by atoms with Crippen LogP contribution in [0.15, 0.2) is 0 Å². The summed E-state index contributed by atoms with van der Waals surface area (Å²) in [6, 6.07) is 0. The van der Waals surface area contributed by atoms with Crippen molar-refractivity contribution in [2.24, 2.45) is 0 Å². The molecule has 0 aliphatic carbocycles. The van der Waals surface area contributed by atoms with Gasteiger partial charge < -0.3 is 63.4 Å². The minimum atomic E-state index is -1.23. The number of nitrogens with two attached hydrogens (primary N) is 2. The van der Waals surface area contributed by atoms with Crippen molar-refractivity contribution in [1.29, 1.82) is 0 Å². The van der Waals surface area contributed by atoms with Crippen molar-refractivity contribution >= 4 is 70.3 Å². The van der Waals surface area contributed by atoms with Gasteiger partial charge in [0.25, 0.3) is 0 Å². The van der Waals surface area contributed by atoms with E-state index in [0.717, 1.165) is 12.8 Å². The summed E-state index contributed by atoms with van der Waals surface area (Å²) in [7, 11) is 0. The number of halogens is 4. The predicted molar refractivity (Wildman–Crippen MR) is 101 cm³/mol. The summed E-state index contributed by atoms with van der Waals surface area (Å²) in [4.78, 5) is 36.5. The van der Waals surface area contributed by atoms with Crippen LogP contribution in [-0.4, -0.2) is 60.5 Å². The van der Waals surface area contributed by atoms with Crippen LogP contribution in [-0.2, 0) is 61.3 Å². The van der Waals surface area contributed by atoms with Crippen molar-refractivity contribution in [3.05, 3.63) is 23.8 Å². The average molecular weight is 882 g/mol. The molecule has 0 amide bonds. The molecule has 0 fully saturated rings. The fraction of sp³-hybridized carbons (Fsp3) is 0.667. The Balaban J connectivity index is -0.0000000254. The van der Waals surface area contributed by atoms with Crippen molar-refractivity contribution in [2.45, 2.75) is 12.8 Å². The van der Waals surface area contributed by atoms with E-state index in [1.807, 2.05) is 0 Å². The molecule has 18 heteroatoms. The number of carbonyl (C=O) groups excluding carboxylic acids is 4. The first-order valence-corrected chi connectivity index (χ1v) is 8.46. The molecule has 0 bridgehead atoms. The monoisotopic (exact) mass is 880 g/mol. The summed E-state index contributed by atoms with van der Waals surface area (Å²) in [5, 5.41) is 36.5. The fourth-order valence-electron chi connectivity index (χ4n) is 0.250. The van der Waals surface area contributed by atoms with Crippen LogP contribution >= 0.6 is 46.4 Å². The predicted octanol–water partition coefficient (Wildman–Crippen LogP) is -0.799. The second-order valence-electron chi connectivity index (χ2n) is 3.23. The van der Waals surface area contributed by atoms with Crippen LogP contribution in [0.4, 0.5) is 0 Å². The molecule has 0 saturated heterocycles. The zero-order chi connectivity index (χ0) is 22.0. The van der Waals surface area contributed by atoms with Crippen molar-refractivity contribution in [2.75, 3.05) is 36.6 Å². The van der Waals surface area contributed by atoms with E-state index < -0.39 is 47.4 Å². The van der Waals surface area contributed by atoms with Gasteiger partial charge in [-0.3, -0.25) is 0 Å². The van der Waals surface area contributed by atoms with E-state index in [2.05, 4.69) is 46.4 Å². The minimum Gasteiger partial charge on any atom is -0.693 e. The maximum absolute atomic E-state index is 9.12. The van der Waals surface area contributed by atoms with Crippen LogP contribution in [0.2, 0.25) is 0 Å². The second kappa shape index (κ2) is 56.9. The fourth-order valence-corrected chi connectivity index (χ4v) is 0.250. The van der Waals surface area contributed by atoms with Crippen LogP contribution < -0.4 is 20.4 Å². The second-order valence-corrected chi connectivity index (χ2v) is 4.30. The molecule has 0 aliphatic rings. The van der Waals surface area contributed by atoms with Crippen LogP contribution in [0, 0.1) is 0 Å². The zero-order valence-electron chi connectivity index (χ0n) is 15.2. The molecule has 0 radical (unpaired) electrons. The van der Waals surface area contributed by atoms with Crippen molar-refractivity contribution in [3.63, 3.8) is 0 Å². The van der Waals surface area contributed by atoms with E-state index in [1.165, 1.54) is 0 Å². The van der Waals surface area contributed by atoms with Crippen molar-refractivity contribution < 1.29 is 81.7 Å². The van der Waals surface area contributed by atoms with Gasteiger partial charge in [-0.2, -0.15) is 13.1 Å². The molecule has 30 heavy (non-hydrogen) atoms. The third-order valence-electron chi connectivity index (χ3n) is 1.04. The van der Waals surface area contributed by atoms with E-state index in [1.54, 1.807) is 0 Å². The van der Waals surface area contributed by atoms with Gasteiger partial charge in [-0.05, 0) is 0 Å². The Hall–Kier alpha value is 0.257. The van der Waals surface area contributed by atoms with Crippen LogP contribution in [0.25, 0.3) is 23.8 Å². The molecule has 0 unspecified atom stereocenters. The zero-order valence-corrected chi connectivity index (χ0v) is 22.8. The van der Waals surface area contributed by atoms with Gasteiger partial charge in [0.2, 0.25) is 0 Å². The molecular weight excluding hydrogens is 860 g/mol. The molecule has 0 heterocycles. The van der Waals surface area contributed by atoms with Gasteiger partial charge >= 0.3 is 42.1 Å². The summed E-state index contributed by atoms with van der Waals surface area (Å²) in [5.41, 5.74) is 13.2. The number of unbranched alkanes of at least 4 members (excludes halogenated alkanes) is 1. The van der Waals surface area contributed by atoms with E-state index in [-0.39, 0.29) is 54.4 Å². The maximum atomic E-state index is 9.12. The van der Waals surface area contributed by atoms with Crippen molar-refractivity contribution in [1.82, 2.24) is 0 Å².